The molecule has 5 nitrogen and oxygen atoms in total. The highest BCUT2D eigenvalue weighted by molar-refractivity contribution is 7.26. The maximum Gasteiger partial charge on any atom is 0.164 e. The van der Waals surface area contributed by atoms with Gasteiger partial charge in [-0.15, -0.1) is 11.3 Å². The van der Waals surface area contributed by atoms with Crippen LogP contribution in [-0.2, 0) is 0 Å². The van der Waals surface area contributed by atoms with Crippen molar-refractivity contribution in [2.45, 2.75) is 0 Å². The van der Waals surface area contributed by atoms with E-state index in [0.29, 0.717) is 17.5 Å². The van der Waals surface area contributed by atoms with Crippen LogP contribution >= 0.6 is 11.3 Å². The van der Waals surface area contributed by atoms with Crippen molar-refractivity contribution >= 4 is 75.3 Å². The molecule has 0 radical (unpaired) electrons. The summed E-state index contributed by atoms with van der Waals surface area (Å²) in [7, 11) is 0. The minimum atomic E-state index is 0.625. The minimum absolute atomic E-state index is 0.625. The summed E-state index contributed by atoms with van der Waals surface area (Å²) in [5, 5.41) is 7.07. The zero-order valence-corrected chi connectivity index (χ0v) is 27.9. The fourth-order valence-corrected chi connectivity index (χ4v) is 8.69. The van der Waals surface area contributed by atoms with Crippen molar-refractivity contribution in [3.05, 3.63) is 158 Å². The molecule has 0 amide bonds. The van der Waals surface area contributed by atoms with Gasteiger partial charge < -0.3 is 8.98 Å². The first kappa shape index (κ1) is 28.2. The van der Waals surface area contributed by atoms with Gasteiger partial charge in [-0.1, -0.05) is 109 Å². The van der Waals surface area contributed by atoms with Crippen molar-refractivity contribution in [3.8, 4) is 39.9 Å². The van der Waals surface area contributed by atoms with E-state index >= 15 is 0 Å². The van der Waals surface area contributed by atoms with Crippen LogP contribution in [0.4, 0.5) is 0 Å². The molecule has 238 valence electrons. The van der Waals surface area contributed by atoms with Crippen molar-refractivity contribution in [1.29, 1.82) is 0 Å². The van der Waals surface area contributed by atoms with E-state index in [1.54, 1.807) is 11.3 Å². The maximum atomic E-state index is 6.64. The Labute approximate surface area is 295 Å². The molecule has 6 heteroatoms. The summed E-state index contributed by atoms with van der Waals surface area (Å²) in [5.74, 6) is 1.91. The fourth-order valence-electron chi connectivity index (χ4n) is 7.47. The number of aromatic nitrogens is 4. The lowest BCUT2D eigenvalue weighted by Gasteiger charge is -2.08. The lowest BCUT2D eigenvalue weighted by atomic mass is 10.1. The van der Waals surface area contributed by atoms with Crippen LogP contribution in [-0.4, -0.2) is 19.5 Å². The number of nitrogens with zero attached hydrogens (tertiary/aromatic N) is 4. The van der Waals surface area contributed by atoms with Crippen molar-refractivity contribution < 1.29 is 4.42 Å². The average Bonchev–Trinajstić information content (AvgIpc) is 3.87. The quantitative estimate of drug-likeness (QED) is 0.187. The average molecular weight is 671 g/mol. The first-order valence-corrected chi connectivity index (χ1v) is 17.8. The second kappa shape index (κ2) is 10.9. The molecule has 0 spiro atoms. The van der Waals surface area contributed by atoms with E-state index in [-0.39, 0.29) is 0 Å². The van der Waals surface area contributed by atoms with Gasteiger partial charge in [0.25, 0.3) is 0 Å². The number of para-hydroxylation sites is 2. The summed E-state index contributed by atoms with van der Waals surface area (Å²) in [4.78, 5) is 14.8. The van der Waals surface area contributed by atoms with Gasteiger partial charge in [0.2, 0.25) is 0 Å². The minimum Gasteiger partial charge on any atom is -0.455 e. The summed E-state index contributed by atoms with van der Waals surface area (Å²) < 4.78 is 11.4. The number of benzene rings is 7. The third-order valence-corrected chi connectivity index (χ3v) is 11.0. The molecule has 0 atom stereocenters. The number of hydrogen-bond donors (Lipinski definition) is 0. The number of furan rings is 1. The van der Waals surface area contributed by atoms with Crippen LogP contribution in [0.15, 0.2) is 162 Å². The van der Waals surface area contributed by atoms with Crippen LogP contribution in [0.2, 0.25) is 0 Å². The van der Waals surface area contributed by atoms with E-state index in [4.69, 9.17) is 19.4 Å². The molecule has 51 heavy (non-hydrogen) atoms. The van der Waals surface area contributed by atoms with Crippen molar-refractivity contribution in [2.75, 3.05) is 0 Å². The van der Waals surface area contributed by atoms with Gasteiger partial charge in [-0.3, -0.25) is 0 Å². The second-order valence-electron chi connectivity index (χ2n) is 12.8. The molecule has 0 fully saturated rings. The Morgan fingerprint density at radius 1 is 0.431 bits per heavy atom. The van der Waals surface area contributed by atoms with Crippen LogP contribution in [0.1, 0.15) is 0 Å². The van der Waals surface area contributed by atoms with E-state index in [0.717, 1.165) is 49.0 Å². The van der Waals surface area contributed by atoms with Gasteiger partial charge in [0.05, 0.1) is 15.7 Å². The normalized spacial score (nSPS) is 11.9. The van der Waals surface area contributed by atoms with E-state index in [2.05, 4.69) is 89.5 Å². The molecular formula is C45H26N4OS. The molecule has 4 aromatic heterocycles. The number of thiophene rings is 1. The van der Waals surface area contributed by atoms with E-state index in [1.165, 1.54) is 37.3 Å². The van der Waals surface area contributed by atoms with Crippen LogP contribution < -0.4 is 0 Å². The van der Waals surface area contributed by atoms with Crippen molar-refractivity contribution in [2.24, 2.45) is 0 Å². The predicted molar refractivity (Wildman–Crippen MR) is 211 cm³/mol. The monoisotopic (exact) mass is 670 g/mol. The third-order valence-electron chi connectivity index (χ3n) is 9.86. The maximum absolute atomic E-state index is 6.64. The van der Waals surface area contributed by atoms with Crippen LogP contribution in [0.25, 0.3) is 104 Å². The van der Waals surface area contributed by atoms with E-state index < -0.39 is 0 Å². The molecule has 0 saturated heterocycles. The van der Waals surface area contributed by atoms with Gasteiger partial charge in [-0.05, 0) is 48.5 Å². The van der Waals surface area contributed by atoms with Gasteiger partial charge in [0, 0.05) is 59.4 Å². The fraction of sp³-hybridized carbons (Fsp3) is 0. The largest absolute Gasteiger partial charge is 0.455 e. The van der Waals surface area contributed by atoms with Crippen LogP contribution in [0.3, 0.4) is 0 Å². The summed E-state index contributed by atoms with van der Waals surface area (Å²) in [6.45, 7) is 0. The zero-order chi connectivity index (χ0) is 33.5. The van der Waals surface area contributed by atoms with E-state index in [1.807, 2.05) is 72.8 Å². The number of rotatable bonds is 4. The summed E-state index contributed by atoms with van der Waals surface area (Å²) >= 11 is 1.79. The lowest BCUT2D eigenvalue weighted by molar-refractivity contribution is 0.673. The SMILES string of the molecule is c1ccc(-c2nc(-c3ccccc3)nc(-c3ccc4oc5c(ccc6c7ccc(-n8c9ccccc9c9ccccc98)cc7sc65)c4c3)n2)cc1. The Bertz CT molecular complexity index is 3030. The molecule has 4 heterocycles. The first-order valence-electron chi connectivity index (χ1n) is 16.9. The molecule has 0 saturated carbocycles. The highest BCUT2D eigenvalue weighted by Crippen LogP contribution is 2.43. The Hall–Kier alpha value is -6.63. The van der Waals surface area contributed by atoms with Crippen molar-refractivity contribution in [3.63, 3.8) is 0 Å². The third kappa shape index (κ3) is 4.37. The Balaban J connectivity index is 1.07. The summed E-state index contributed by atoms with van der Waals surface area (Å²) in [6, 6.07) is 54.9. The Morgan fingerprint density at radius 2 is 1.00 bits per heavy atom. The topological polar surface area (TPSA) is 56.7 Å². The van der Waals surface area contributed by atoms with Crippen LogP contribution in [0, 0.1) is 0 Å². The number of hydrogen-bond acceptors (Lipinski definition) is 5. The van der Waals surface area contributed by atoms with Gasteiger partial charge in [0.15, 0.2) is 23.1 Å². The van der Waals surface area contributed by atoms with E-state index in [9.17, 15) is 0 Å². The van der Waals surface area contributed by atoms with Crippen molar-refractivity contribution in [1.82, 2.24) is 19.5 Å². The highest BCUT2D eigenvalue weighted by atomic mass is 32.1. The predicted octanol–water partition coefficient (Wildman–Crippen LogP) is 12.2. The molecule has 0 unspecified atom stereocenters. The molecular weight excluding hydrogens is 645 g/mol. The second-order valence-corrected chi connectivity index (χ2v) is 13.9. The number of fused-ring (bicyclic) bond motifs is 10. The first-order chi connectivity index (χ1) is 25.3. The molecule has 0 aliphatic heterocycles. The molecule has 7 aromatic carbocycles. The summed E-state index contributed by atoms with van der Waals surface area (Å²) in [5.41, 5.74) is 8.12. The highest BCUT2D eigenvalue weighted by Gasteiger charge is 2.18. The molecule has 0 bridgehead atoms. The molecule has 11 rings (SSSR count). The molecule has 0 aliphatic rings. The zero-order valence-electron chi connectivity index (χ0n) is 27.1. The van der Waals surface area contributed by atoms with Gasteiger partial charge in [-0.2, -0.15) is 0 Å². The molecule has 0 aliphatic carbocycles. The summed E-state index contributed by atoms with van der Waals surface area (Å²) in [6.07, 6.45) is 0. The molecule has 0 N–H and O–H groups in total. The van der Waals surface area contributed by atoms with Gasteiger partial charge >= 0.3 is 0 Å². The lowest BCUT2D eigenvalue weighted by Crippen LogP contribution is -2.00. The Morgan fingerprint density at radius 3 is 1.67 bits per heavy atom. The van der Waals surface area contributed by atoms with Crippen LogP contribution in [0.5, 0.6) is 0 Å². The molecule has 11 aromatic rings. The van der Waals surface area contributed by atoms with Gasteiger partial charge in [-0.25, -0.2) is 15.0 Å². The van der Waals surface area contributed by atoms with Gasteiger partial charge in [0.1, 0.15) is 5.58 Å². The standard InChI is InChI=1S/C45H26N4OS/c1-3-11-27(12-4-1)43-46-44(28-13-5-2-6-14-28)48-45(47-43)29-19-24-39-36(25-29)34-22-23-35-33-21-20-30(26-40(33)51-42(35)41(34)50-39)49-37-17-9-7-15-31(37)32-16-8-10-18-38(32)49/h1-26H. The smallest absolute Gasteiger partial charge is 0.164 e. The Kier molecular flexibility index (Phi) is 6.05.